The number of likely N-dealkylation sites (tertiary alicyclic amines) is 1. The van der Waals surface area contributed by atoms with Crippen molar-refractivity contribution in [1.82, 2.24) is 4.90 Å². The van der Waals surface area contributed by atoms with Crippen LogP contribution in [0.4, 0.5) is 0 Å². The lowest BCUT2D eigenvalue weighted by Gasteiger charge is -2.29. The number of hydrogen-bond acceptors (Lipinski definition) is 3. The first kappa shape index (κ1) is 15.2. The van der Waals surface area contributed by atoms with E-state index < -0.39 is 0 Å². The second-order valence-electron chi connectivity index (χ2n) is 5.09. The van der Waals surface area contributed by atoms with Gasteiger partial charge in [0.1, 0.15) is 5.78 Å². The molecule has 0 aliphatic carbocycles. The topological polar surface area (TPSA) is 46.6 Å². The maximum atomic E-state index is 12.2. The van der Waals surface area contributed by atoms with Gasteiger partial charge in [-0.1, -0.05) is 12.8 Å². The molecule has 1 saturated heterocycles. The van der Waals surface area contributed by atoms with E-state index in [-0.39, 0.29) is 17.7 Å². The third-order valence-corrected chi connectivity index (χ3v) is 3.46. The molecule has 1 aliphatic heterocycles. The number of methoxy groups -OCH3 is 1. The van der Waals surface area contributed by atoms with Crippen LogP contribution in [0.5, 0.6) is 0 Å². The van der Waals surface area contributed by atoms with Crippen molar-refractivity contribution in [2.24, 2.45) is 0 Å². The number of carbonyl (C=O) groups is 2. The Kier molecular flexibility index (Phi) is 6.94. The summed E-state index contributed by atoms with van der Waals surface area (Å²) in [6.07, 6.45) is 6.12. The molecule has 0 spiro atoms. The number of hydrogen-bond donors (Lipinski definition) is 0. The second kappa shape index (κ2) is 8.25. The lowest BCUT2D eigenvalue weighted by Crippen LogP contribution is -2.41. The normalized spacial score (nSPS) is 20.6. The van der Waals surface area contributed by atoms with Gasteiger partial charge in [-0.2, -0.15) is 0 Å². The van der Waals surface area contributed by atoms with Crippen LogP contribution in [0.25, 0.3) is 0 Å². The fourth-order valence-electron chi connectivity index (χ4n) is 2.56. The molecule has 0 radical (unpaired) electrons. The zero-order valence-corrected chi connectivity index (χ0v) is 11.6. The van der Waals surface area contributed by atoms with Gasteiger partial charge in [0.15, 0.2) is 0 Å². The van der Waals surface area contributed by atoms with E-state index in [4.69, 9.17) is 4.74 Å². The molecule has 0 bridgehead atoms. The molecule has 4 nitrogen and oxygen atoms in total. The van der Waals surface area contributed by atoms with Crippen molar-refractivity contribution in [2.45, 2.75) is 57.9 Å². The van der Waals surface area contributed by atoms with Gasteiger partial charge < -0.3 is 9.64 Å². The van der Waals surface area contributed by atoms with Gasteiger partial charge in [-0.3, -0.25) is 9.59 Å². The zero-order valence-electron chi connectivity index (χ0n) is 11.6. The highest BCUT2D eigenvalue weighted by Gasteiger charge is 2.25. The first-order valence-electron chi connectivity index (χ1n) is 6.93. The molecule has 104 valence electrons. The molecule has 0 aromatic rings. The summed E-state index contributed by atoms with van der Waals surface area (Å²) in [5.74, 6) is 0.358. The van der Waals surface area contributed by atoms with Crippen molar-refractivity contribution in [3.05, 3.63) is 0 Å². The number of ketones is 1. The minimum absolute atomic E-state index is 0.125. The molecule has 1 amide bonds. The standard InChI is InChI=1S/C14H25NO3/c1-12(16)11-13-7-4-3-5-9-15(13)14(17)8-6-10-18-2/h13H,3-11H2,1-2H3. The minimum atomic E-state index is 0.125. The Morgan fingerprint density at radius 1 is 1.28 bits per heavy atom. The lowest BCUT2D eigenvalue weighted by atomic mass is 10.0. The summed E-state index contributed by atoms with van der Waals surface area (Å²) in [7, 11) is 1.65. The van der Waals surface area contributed by atoms with E-state index in [1.807, 2.05) is 4.90 Å². The Hall–Kier alpha value is -0.900. The largest absolute Gasteiger partial charge is 0.385 e. The van der Waals surface area contributed by atoms with Crippen molar-refractivity contribution >= 4 is 11.7 Å². The van der Waals surface area contributed by atoms with Crippen LogP contribution >= 0.6 is 0 Å². The Balaban J connectivity index is 2.54. The Morgan fingerprint density at radius 3 is 2.72 bits per heavy atom. The molecule has 1 unspecified atom stereocenters. The van der Waals surface area contributed by atoms with Gasteiger partial charge >= 0.3 is 0 Å². The van der Waals surface area contributed by atoms with Crippen molar-refractivity contribution in [3.8, 4) is 0 Å². The molecule has 1 heterocycles. The van der Waals surface area contributed by atoms with Gasteiger partial charge in [0.2, 0.25) is 5.91 Å². The van der Waals surface area contributed by atoms with Crippen molar-refractivity contribution in [2.75, 3.05) is 20.3 Å². The molecule has 1 rings (SSSR count). The Labute approximate surface area is 110 Å². The first-order chi connectivity index (χ1) is 8.65. The summed E-state index contributed by atoms with van der Waals surface area (Å²) in [6.45, 7) is 3.04. The minimum Gasteiger partial charge on any atom is -0.385 e. The van der Waals surface area contributed by atoms with E-state index >= 15 is 0 Å². The van der Waals surface area contributed by atoms with E-state index in [2.05, 4.69) is 0 Å². The van der Waals surface area contributed by atoms with Gasteiger partial charge in [0, 0.05) is 39.1 Å². The third-order valence-electron chi connectivity index (χ3n) is 3.46. The lowest BCUT2D eigenvalue weighted by molar-refractivity contribution is -0.134. The molecule has 1 aliphatic rings. The fourth-order valence-corrected chi connectivity index (χ4v) is 2.56. The average molecular weight is 255 g/mol. The number of carbonyl (C=O) groups excluding carboxylic acids is 2. The maximum Gasteiger partial charge on any atom is 0.222 e. The van der Waals surface area contributed by atoms with Crippen molar-refractivity contribution < 1.29 is 14.3 Å². The summed E-state index contributed by atoms with van der Waals surface area (Å²) in [5, 5.41) is 0. The van der Waals surface area contributed by atoms with E-state index in [9.17, 15) is 9.59 Å². The van der Waals surface area contributed by atoms with Gasteiger partial charge in [0.05, 0.1) is 0 Å². The van der Waals surface area contributed by atoms with Crippen LogP contribution in [0.2, 0.25) is 0 Å². The van der Waals surface area contributed by atoms with Gasteiger partial charge in [-0.05, 0) is 26.2 Å². The highest BCUT2D eigenvalue weighted by atomic mass is 16.5. The quantitative estimate of drug-likeness (QED) is 0.683. The summed E-state index contributed by atoms with van der Waals surface area (Å²) in [5.41, 5.74) is 0. The Morgan fingerprint density at radius 2 is 2.06 bits per heavy atom. The maximum absolute atomic E-state index is 12.2. The summed E-state index contributed by atoms with van der Waals surface area (Å²) in [6, 6.07) is 0.125. The molecule has 1 atom stereocenters. The average Bonchev–Trinajstić information content (AvgIpc) is 2.54. The number of amides is 1. The summed E-state index contributed by atoms with van der Waals surface area (Å²) in [4.78, 5) is 25.4. The monoisotopic (exact) mass is 255 g/mol. The van der Waals surface area contributed by atoms with Gasteiger partial charge in [-0.25, -0.2) is 0 Å². The van der Waals surface area contributed by atoms with E-state index in [1.54, 1.807) is 14.0 Å². The van der Waals surface area contributed by atoms with Gasteiger partial charge in [0.25, 0.3) is 0 Å². The summed E-state index contributed by atoms with van der Waals surface area (Å²) >= 11 is 0. The predicted molar refractivity (Wildman–Crippen MR) is 70.4 cm³/mol. The SMILES string of the molecule is COCCCC(=O)N1CCCCCC1CC(C)=O. The smallest absolute Gasteiger partial charge is 0.222 e. The number of ether oxygens (including phenoxy) is 1. The molecule has 0 N–H and O–H groups in total. The summed E-state index contributed by atoms with van der Waals surface area (Å²) < 4.78 is 4.97. The van der Waals surface area contributed by atoms with Crippen LogP contribution in [-0.4, -0.2) is 42.9 Å². The molecular weight excluding hydrogens is 230 g/mol. The molecule has 1 fully saturated rings. The fraction of sp³-hybridized carbons (Fsp3) is 0.857. The van der Waals surface area contributed by atoms with Crippen LogP contribution in [0, 0.1) is 0 Å². The molecule has 4 heteroatoms. The molecule has 18 heavy (non-hydrogen) atoms. The highest BCUT2D eigenvalue weighted by Crippen LogP contribution is 2.20. The van der Waals surface area contributed by atoms with Crippen LogP contribution in [-0.2, 0) is 14.3 Å². The Bertz CT molecular complexity index is 278. The first-order valence-corrected chi connectivity index (χ1v) is 6.93. The zero-order chi connectivity index (χ0) is 13.4. The highest BCUT2D eigenvalue weighted by molar-refractivity contribution is 5.79. The van der Waals surface area contributed by atoms with Crippen molar-refractivity contribution in [3.63, 3.8) is 0 Å². The van der Waals surface area contributed by atoms with Crippen molar-refractivity contribution in [1.29, 1.82) is 0 Å². The molecule has 0 aromatic carbocycles. The predicted octanol–water partition coefficient (Wildman–Crippen LogP) is 2.16. The molecule has 0 saturated carbocycles. The van der Waals surface area contributed by atoms with E-state index in [0.717, 1.165) is 38.6 Å². The third kappa shape index (κ3) is 5.17. The van der Waals surface area contributed by atoms with Crippen LogP contribution in [0.1, 0.15) is 51.9 Å². The second-order valence-corrected chi connectivity index (χ2v) is 5.09. The van der Waals surface area contributed by atoms with Crippen LogP contribution in [0.3, 0.4) is 0 Å². The van der Waals surface area contributed by atoms with E-state index in [1.165, 1.54) is 0 Å². The van der Waals surface area contributed by atoms with Gasteiger partial charge in [-0.15, -0.1) is 0 Å². The molecule has 0 aromatic heterocycles. The van der Waals surface area contributed by atoms with Crippen LogP contribution in [0.15, 0.2) is 0 Å². The molecular formula is C14H25NO3. The van der Waals surface area contributed by atoms with Crippen LogP contribution < -0.4 is 0 Å². The number of nitrogens with zero attached hydrogens (tertiary/aromatic N) is 1. The van der Waals surface area contributed by atoms with E-state index in [0.29, 0.717) is 19.4 Å². The number of Topliss-reactive ketones (excluding diaryl/α,β-unsaturated/α-hetero) is 1. The number of rotatable bonds is 6.